The molecule has 1 aliphatic heterocycles. The summed E-state index contributed by atoms with van der Waals surface area (Å²) >= 11 is 0. The third kappa shape index (κ3) is 3.11. The topological polar surface area (TPSA) is 71.9 Å². The Hall–Kier alpha value is -2.19. The van der Waals surface area contributed by atoms with Gasteiger partial charge in [0.05, 0.1) is 17.7 Å². The van der Waals surface area contributed by atoms with Gasteiger partial charge in [0.15, 0.2) is 5.82 Å². The number of aryl methyl sites for hydroxylation is 1. The van der Waals surface area contributed by atoms with Crippen molar-refractivity contribution in [3.8, 4) is 17.5 Å². The van der Waals surface area contributed by atoms with Crippen molar-refractivity contribution in [2.24, 2.45) is 0 Å². The summed E-state index contributed by atoms with van der Waals surface area (Å²) in [4.78, 5) is 4.45. The summed E-state index contributed by atoms with van der Waals surface area (Å²) in [7, 11) is 0. The lowest BCUT2D eigenvalue weighted by Gasteiger charge is -2.20. The number of ether oxygens (including phenoxy) is 1. The van der Waals surface area contributed by atoms with Crippen LogP contribution in [0.2, 0.25) is 0 Å². The quantitative estimate of drug-likeness (QED) is 0.865. The number of hydrogen-bond acceptors (Lipinski definition) is 5. The second-order valence-corrected chi connectivity index (χ2v) is 5.35. The van der Waals surface area contributed by atoms with Crippen LogP contribution in [-0.4, -0.2) is 22.9 Å². The van der Waals surface area contributed by atoms with Crippen LogP contribution in [0.15, 0.2) is 22.7 Å². The molecule has 5 heteroatoms. The second-order valence-electron chi connectivity index (χ2n) is 5.35. The van der Waals surface area contributed by atoms with Crippen LogP contribution in [0.4, 0.5) is 0 Å². The molecule has 0 radical (unpaired) electrons. The fraction of sp³-hybridized carbons (Fsp3) is 0.438. The van der Waals surface area contributed by atoms with Gasteiger partial charge >= 0.3 is 0 Å². The average molecular weight is 283 g/mol. The fourth-order valence-corrected chi connectivity index (χ4v) is 2.59. The van der Waals surface area contributed by atoms with Gasteiger partial charge in [-0.3, -0.25) is 0 Å². The molecule has 1 fully saturated rings. The van der Waals surface area contributed by atoms with E-state index in [-0.39, 0.29) is 6.10 Å². The third-order valence-corrected chi connectivity index (χ3v) is 3.74. The lowest BCUT2D eigenvalue weighted by molar-refractivity contribution is 0.0153. The molecule has 0 amide bonds. The first kappa shape index (κ1) is 13.8. The summed E-state index contributed by atoms with van der Waals surface area (Å²) in [5.41, 5.74) is 2.46. The largest absolute Gasteiger partial charge is 0.378 e. The Kier molecular flexibility index (Phi) is 3.98. The minimum Gasteiger partial charge on any atom is -0.378 e. The summed E-state index contributed by atoms with van der Waals surface area (Å²) in [5, 5.41) is 12.9. The molecule has 5 nitrogen and oxygen atoms in total. The number of nitrogens with zero attached hydrogens (tertiary/aromatic N) is 3. The number of hydrogen-bond donors (Lipinski definition) is 0. The molecular formula is C16H17N3O2. The number of rotatable bonds is 3. The average Bonchev–Trinajstić information content (AvgIpc) is 2.96. The van der Waals surface area contributed by atoms with Crippen LogP contribution in [0, 0.1) is 18.3 Å². The van der Waals surface area contributed by atoms with E-state index in [2.05, 4.69) is 16.2 Å². The first-order valence-corrected chi connectivity index (χ1v) is 7.21. The monoisotopic (exact) mass is 283 g/mol. The van der Waals surface area contributed by atoms with Crippen LogP contribution >= 0.6 is 0 Å². The molecule has 1 aliphatic rings. The summed E-state index contributed by atoms with van der Waals surface area (Å²) < 4.78 is 11.0. The molecule has 0 N–H and O–H groups in total. The summed E-state index contributed by atoms with van der Waals surface area (Å²) in [5.74, 6) is 1.18. The fourth-order valence-electron chi connectivity index (χ4n) is 2.59. The lowest BCUT2D eigenvalue weighted by atomic mass is 10.1. The molecule has 1 aromatic carbocycles. The Labute approximate surface area is 123 Å². The Bertz CT molecular complexity index is 666. The number of nitriles is 1. The van der Waals surface area contributed by atoms with Crippen molar-refractivity contribution in [2.75, 3.05) is 6.61 Å². The number of benzene rings is 1. The zero-order chi connectivity index (χ0) is 14.7. The van der Waals surface area contributed by atoms with Crippen molar-refractivity contribution >= 4 is 0 Å². The predicted molar refractivity (Wildman–Crippen MR) is 76.5 cm³/mol. The smallest absolute Gasteiger partial charge is 0.258 e. The highest BCUT2D eigenvalue weighted by atomic mass is 16.5. The molecule has 0 spiro atoms. The van der Waals surface area contributed by atoms with E-state index in [9.17, 15) is 0 Å². The zero-order valence-corrected chi connectivity index (χ0v) is 12.0. The van der Waals surface area contributed by atoms with E-state index >= 15 is 0 Å². The van der Waals surface area contributed by atoms with Crippen molar-refractivity contribution < 1.29 is 9.26 Å². The van der Waals surface area contributed by atoms with E-state index in [1.807, 2.05) is 19.1 Å². The summed E-state index contributed by atoms with van der Waals surface area (Å²) in [6, 6.07) is 7.56. The highest BCUT2D eigenvalue weighted by Crippen LogP contribution is 2.23. The van der Waals surface area contributed by atoms with E-state index in [1.165, 1.54) is 6.42 Å². The Balaban J connectivity index is 1.76. The Morgan fingerprint density at radius 2 is 2.29 bits per heavy atom. The minimum absolute atomic E-state index is 0.200. The summed E-state index contributed by atoms with van der Waals surface area (Å²) in [6.07, 6.45) is 4.28. The highest BCUT2D eigenvalue weighted by molar-refractivity contribution is 5.60. The minimum atomic E-state index is 0.200. The van der Waals surface area contributed by atoms with Gasteiger partial charge in [-0.2, -0.15) is 10.2 Å². The van der Waals surface area contributed by atoms with Crippen molar-refractivity contribution in [1.29, 1.82) is 5.26 Å². The van der Waals surface area contributed by atoms with Crippen LogP contribution in [0.25, 0.3) is 11.5 Å². The molecule has 1 saturated heterocycles. The lowest BCUT2D eigenvalue weighted by Crippen LogP contribution is -2.21. The van der Waals surface area contributed by atoms with Gasteiger partial charge < -0.3 is 9.26 Å². The van der Waals surface area contributed by atoms with Crippen molar-refractivity contribution in [3.63, 3.8) is 0 Å². The second kappa shape index (κ2) is 6.06. The molecule has 108 valence electrons. The Morgan fingerprint density at radius 1 is 1.38 bits per heavy atom. The maximum Gasteiger partial charge on any atom is 0.258 e. The molecular weight excluding hydrogens is 266 g/mol. The molecule has 3 rings (SSSR count). The van der Waals surface area contributed by atoms with Gasteiger partial charge in [0, 0.05) is 18.6 Å². The molecule has 1 unspecified atom stereocenters. The van der Waals surface area contributed by atoms with Gasteiger partial charge in [-0.25, -0.2) is 0 Å². The van der Waals surface area contributed by atoms with Crippen molar-refractivity contribution in [1.82, 2.24) is 10.1 Å². The van der Waals surface area contributed by atoms with Crippen LogP contribution < -0.4 is 0 Å². The Morgan fingerprint density at radius 3 is 3.00 bits per heavy atom. The van der Waals surface area contributed by atoms with Crippen LogP contribution in [0.5, 0.6) is 0 Å². The van der Waals surface area contributed by atoms with Gasteiger partial charge in [-0.1, -0.05) is 5.16 Å². The van der Waals surface area contributed by atoms with Gasteiger partial charge in [-0.15, -0.1) is 0 Å². The van der Waals surface area contributed by atoms with Crippen molar-refractivity contribution in [3.05, 3.63) is 35.2 Å². The first-order chi connectivity index (χ1) is 10.3. The van der Waals surface area contributed by atoms with Crippen molar-refractivity contribution in [2.45, 2.75) is 38.7 Å². The molecule has 2 heterocycles. The molecule has 2 aromatic rings. The normalized spacial score (nSPS) is 18.4. The number of aromatic nitrogens is 2. The SMILES string of the molecule is Cc1cc(C#N)ccc1-c1nc(CC2CCCCO2)no1. The van der Waals surface area contributed by atoms with Gasteiger partial charge in [0.1, 0.15) is 0 Å². The molecule has 0 saturated carbocycles. The molecule has 0 bridgehead atoms. The van der Waals surface area contributed by atoms with E-state index < -0.39 is 0 Å². The van der Waals surface area contributed by atoms with Gasteiger partial charge in [0.2, 0.25) is 0 Å². The maximum atomic E-state index is 8.89. The third-order valence-electron chi connectivity index (χ3n) is 3.74. The van der Waals surface area contributed by atoms with Gasteiger partial charge in [-0.05, 0) is 49.9 Å². The highest BCUT2D eigenvalue weighted by Gasteiger charge is 2.18. The van der Waals surface area contributed by atoms with E-state index in [4.69, 9.17) is 14.5 Å². The van der Waals surface area contributed by atoms with E-state index in [0.29, 0.717) is 23.7 Å². The first-order valence-electron chi connectivity index (χ1n) is 7.21. The molecule has 21 heavy (non-hydrogen) atoms. The van der Waals surface area contributed by atoms with E-state index in [0.717, 1.165) is 30.6 Å². The predicted octanol–water partition coefficient (Wildman–Crippen LogP) is 3.03. The molecule has 0 aliphatic carbocycles. The van der Waals surface area contributed by atoms with Crippen LogP contribution in [-0.2, 0) is 11.2 Å². The van der Waals surface area contributed by atoms with E-state index in [1.54, 1.807) is 6.07 Å². The zero-order valence-electron chi connectivity index (χ0n) is 12.0. The standard InChI is InChI=1S/C16H17N3O2/c1-11-8-12(10-17)5-6-14(11)16-18-15(19-21-16)9-13-4-2-3-7-20-13/h5-6,8,13H,2-4,7,9H2,1H3. The summed E-state index contributed by atoms with van der Waals surface area (Å²) in [6.45, 7) is 2.76. The van der Waals surface area contributed by atoms with Gasteiger partial charge in [0.25, 0.3) is 5.89 Å². The van der Waals surface area contributed by atoms with Crippen LogP contribution in [0.3, 0.4) is 0 Å². The maximum absolute atomic E-state index is 8.89. The molecule has 1 aromatic heterocycles. The molecule has 1 atom stereocenters. The van der Waals surface area contributed by atoms with Crippen LogP contribution in [0.1, 0.15) is 36.2 Å².